The smallest absolute Gasteiger partial charge is 0.256 e. The Labute approximate surface area is 186 Å². The third kappa shape index (κ3) is 4.37. The van der Waals surface area contributed by atoms with Gasteiger partial charge >= 0.3 is 0 Å². The number of hydrogen-bond donors (Lipinski definition) is 1. The first-order valence-electron chi connectivity index (χ1n) is 11.0. The zero-order valence-electron chi connectivity index (χ0n) is 18.0. The van der Waals surface area contributed by atoms with Crippen molar-refractivity contribution in [3.8, 4) is 0 Å². The number of amides is 1. The lowest BCUT2D eigenvalue weighted by Crippen LogP contribution is -2.38. The first-order chi connectivity index (χ1) is 15.1. The summed E-state index contributed by atoms with van der Waals surface area (Å²) < 4.78 is 0. The molecule has 31 heavy (non-hydrogen) atoms. The van der Waals surface area contributed by atoms with E-state index in [1.54, 1.807) is 18.0 Å². The Morgan fingerprint density at radius 3 is 2.61 bits per heavy atom. The molecule has 1 aliphatic carbocycles. The van der Waals surface area contributed by atoms with E-state index in [2.05, 4.69) is 47.2 Å². The van der Waals surface area contributed by atoms with E-state index in [9.17, 15) is 4.79 Å². The second kappa shape index (κ2) is 8.46. The lowest BCUT2D eigenvalue weighted by atomic mass is 9.96. The molecule has 0 radical (unpaired) electrons. The van der Waals surface area contributed by atoms with Crippen LogP contribution in [-0.4, -0.2) is 44.1 Å². The molecule has 0 atom stereocenters. The van der Waals surface area contributed by atoms with Crippen LogP contribution < -0.4 is 0 Å². The number of aryl methyl sites for hydroxylation is 2. The average molecular weight is 434 g/mol. The summed E-state index contributed by atoms with van der Waals surface area (Å²) in [5, 5.41) is 8.30. The van der Waals surface area contributed by atoms with Crippen LogP contribution in [0.2, 0.25) is 0 Å². The quantitative estimate of drug-likeness (QED) is 0.622. The maximum atomic E-state index is 13.3. The van der Waals surface area contributed by atoms with Gasteiger partial charge in [0.25, 0.3) is 5.91 Å². The zero-order valence-corrected chi connectivity index (χ0v) is 18.8. The van der Waals surface area contributed by atoms with E-state index in [1.807, 2.05) is 17.0 Å². The predicted molar refractivity (Wildman–Crippen MR) is 121 cm³/mol. The number of aromatic amines is 1. The lowest BCUT2D eigenvalue weighted by Gasteiger charge is -2.31. The third-order valence-electron chi connectivity index (χ3n) is 6.33. The highest BCUT2D eigenvalue weighted by Gasteiger charge is 2.31. The van der Waals surface area contributed by atoms with Crippen LogP contribution >= 0.6 is 11.8 Å². The van der Waals surface area contributed by atoms with Crippen molar-refractivity contribution < 1.29 is 4.79 Å². The van der Waals surface area contributed by atoms with E-state index in [-0.39, 0.29) is 5.91 Å². The largest absolute Gasteiger partial charge is 0.339 e. The number of pyridine rings is 1. The Morgan fingerprint density at radius 1 is 1.06 bits per heavy atom. The van der Waals surface area contributed by atoms with Gasteiger partial charge in [-0.3, -0.25) is 9.89 Å². The van der Waals surface area contributed by atoms with Crippen LogP contribution in [0.1, 0.15) is 70.7 Å². The Balaban J connectivity index is 1.26. The van der Waals surface area contributed by atoms with E-state index in [4.69, 9.17) is 4.98 Å². The molecule has 0 unspecified atom stereocenters. The molecule has 0 bridgehead atoms. The molecule has 160 valence electrons. The number of H-pyrrole nitrogens is 1. The number of benzene rings is 1. The van der Waals surface area contributed by atoms with Crippen LogP contribution in [-0.2, 0) is 0 Å². The number of likely N-dealkylation sites (tertiary alicyclic amines) is 1. The second-order valence-corrected chi connectivity index (χ2v) is 9.69. The molecule has 5 rings (SSSR count). The number of carbonyl (C=O) groups excluding carboxylic acids is 1. The SMILES string of the molecule is Cc1ccc(Sc2ncccc2C(=O)N2CCC(c3nc(C4CC4)n[nH]3)CC2)cc1C. The van der Waals surface area contributed by atoms with Gasteiger partial charge in [0.2, 0.25) is 0 Å². The summed E-state index contributed by atoms with van der Waals surface area (Å²) in [5.41, 5.74) is 3.19. The first kappa shape index (κ1) is 20.2. The van der Waals surface area contributed by atoms with Gasteiger partial charge in [0.05, 0.1) is 5.56 Å². The van der Waals surface area contributed by atoms with Crippen LogP contribution in [0.25, 0.3) is 0 Å². The fraction of sp³-hybridized carbons (Fsp3) is 0.417. The fourth-order valence-electron chi connectivity index (χ4n) is 4.04. The molecule has 1 aliphatic heterocycles. The lowest BCUT2D eigenvalue weighted by molar-refractivity contribution is 0.0706. The molecular formula is C24H27N5OS. The maximum absolute atomic E-state index is 13.3. The standard InChI is InChI=1S/C24H27N5OS/c1-15-5-8-19(14-16(15)2)31-23-20(4-3-11-25-23)24(30)29-12-9-18(10-13-29)22-26-21(27-28-22)17-6-7-17/h3-5,8,11,14,17-18H,6-7,9-10,12-13H2,1-2H3,(H,26,27,28). The highest BCUT2D eigenvalue weighted by Crippen LogP contribution is 2.39. The van der Waals surface area contributed by atoms with Crippen LogP contribution in [0, 0.1) is 13.8 Å². The molecule has 1 amide bonds. The molecule has 1 N–H and O–H groups in total. The van der Waals surface area contributed by atoms with Gasteiger partial charge < -0.3 is 4.90 Å². The Morgan fingerprint density at radius 2 is 1.87 bits per heavy atom. The van der Waals surface area contributed by atoms with Crippen LogP contribution in [0.5, 0.6) is 0 Å². The van der Waals surface area contributed by atoms with Gasteiger partial charge in [0.15, 0.2) is 5.82 Å². The second-order valence-electron chi connectivity index (χ2n) is 8.62. The number of rotatable bonds is 5. The van der Waals surface area contributed by atoms with Crippen molar-refractivity contribution >= 4 is 17.7 Å². The van der Waals surface area contributed by atoms with Crippen molar-refractivity contribution in [2.45, 2.75) is 61.3 Å². The average Bonchev–Trinajstić information content (AvgIpc) is 3.53. The van der Waals surface area contributed by atoms with Crippen molar-refractivity contribution in [1.82, 2.24) is 25.1 Å². The highest BCUT2D eigenvalue weighted by atomic mass is 32.2. The van der Waals surface area contributed by atoms with Gasteiger partial charge in [-0.15, -0.1) is 0 Å². The van der Waals surface area contributed by atoms with Crippen molar-refractivity contribution in [2.24, 2.45) is 0 Å². The zero-order chi connectivity index (χ0) is 21.4. The van der Waals surface area contributed by atoms with Crippen molar-refractivity contribution in [3.63, 3.8) is 0 Å². The van der Waals surface area contributed by atoms with Gasteiger partial charge in [-0.05, 0) is 74.9 Å². The Kier molecular flexibility index (Phi) is 5.52. The molecule has 3 heterocycles. The van der Waals surface area contributed by atoms with Crippen LogP contribution in [0.15, 0.2) is 46.5 Å². The molecule has 1 aromatic carbocycles. The van der Waals surface area contributed by atoms with E-state index in [0.29, 0.717) is 17.4 Å². The topological polar surface area (TPSA) is 74.8 Å². The number of piperidine rings is 1. The van der Waals surface area contributed by atoms with Crippen molar-refractivity contribution in [3.05, 3.63) is 64.9 Å². The summed E-state index contributed by atoms with van der Waals surface area (Å²) in [6, 6.07) is 10.1. The molecule has 1 saturated carbocycles. The Bertz CT molecular complexity index is 1100. The summed E-state index contributed by atoms with van der Waals surface area (Å²) >= 11 is 1.56. The Hall–Kier alpha value is -2.67. The number of aromatic nitrogens is 4. The van der Waals surface area contributed by atoms with Crippen molar-refractivity contribution in [2.75, 3.05) is 13.1 Å². The summed E-state index contributed by atoms with van der Waals surface area (Å²) in [6.45, 7) is 5.67. The van der Waals surface area contributed by atoms with E-state index in [0.717, 1.165) is 47.5 Å². The number of hydrogen-bond acceptors (Lipinski definition) is 5. The minimum Gasteiger partial charge on any atom is -0.339 e. The molecule has 2 aromatic heterocycles. The molecule has 2 fully saturated rings. The van der Waals surface area contributed by atoms with Gasteiger partial charge in [0.1, 0.15) is 10.9 Å². The van der Waals surface area contributed by atoms with Gasteiger partial charge in [0, 0.05) is 36.0 Å². The summed E-state index contributed by atoms with van der Waals surface area (Å²) in [6.07, 6.45) is 5.99. The number of nitrogens with one attached hydrogen (secondary N) is 1. The molecule has 0 spiro atoms. The van der Waals surface area contributed by atoms with E-state index >= 15 is 0 Å². The minimum atomic E-state index is 0.0640. The molecule has 6 nitrogen and oxygen atoms in total. The third-order valence-corrected chi connectivity index (χ3v) is 7.33. The molecule has 3 aromatic rings. The van der Waals surface area contributed by atoms with Crippen molar-refractivity contribution in [1.29, 1.82) is 0 Å². The first-order valence-corrected chi connectivity index (χ1v) is 11.8. The van der Waals surface area contributed by atoms with E-state index in [1.165, 1.54) is 24.0 Å². The highest BCUT2D eigenvalue weighted by molar-refractivity contribution is 7.99. The van der Waals surface area contributed by atoms with E-state index < -0.39 is 0 Å². The summed E-state index contributed by atoms with van der Waals surface area (Å²) in [7, 11) is 0. The molecule has 1 saturated heterocycles. The summed E-state index contributed by atoms with van der Waals surface area (Å²) in [5.74, 6) is 2.93. The van der Waals surface area contributed by atoms with Gasteiger partial charge in [-0.1, -0.05) is 17.8 Å². The molecule has 7 heteroatoms. The van der Waals surface area contributed by atoms with Gasteiger partial charge in [-0.25, -0.2) is 9.97 Å². The number of nitrogens with zero attached hydrogens (tertiary/aromatic N) is 4. The van der Waals surface area contributed by atoms with Gasteiger partial charge in [-0.2, -0.15) is 5.10 Å². The monoisotopic (exact) mass is 433 g/mol. The summed E-state index contributed by atoms with van der Waals surface area (Å²) in [4.78, 5) is 25.6. The molecule has 2 aliphatic rings. The maximum Gasteiger partial charge on any atom is 0.256 e. The molecular weight excluding hydrogens is 406 g/mol. The fourth-order valence-corrected chi connectivity index (χ4v) is 5.02. The number of carbonyl (C=O) groups is 1. The predicted octanol–water partition coefficient (Wildman–Crippen LogP) is 4.86. The normalized spacial score (nSPS) is 17.2. The minimum absolute atomic E-state index is 0.0640. The van der Waals surface area contributed by atoms with Crippen LogP contribution in [0.3, 0.4) is 0 Å². The van der Waals surface area contributed by atoms with Crippen LogP contribution in [0.4, 0.5) is 0 Å².